The number of halogens is 3. The zero-order valence-electron chi connectivity index (χ0n) is 10.7. The van der Waals surface area contributed by atoms with Gasteiger partial charge in [0, 0.05) is 0 Å². The van der Waals surface area contributed by atoms with Gasteiger partial charge in [0.1, 0.15) is 18.6 Å². The number of nitrogens with one attached hydrogen (secondary N) is 1. The Morgan fingerprint density at radius 1 is 1.32 bits per heavy atom. The summed E-state index contributed by atoms with van der Waals surface area (Å²) in [6, 6.07) is -1.75. The van der Waals surface area contributed by atoms with Gasteiger partial charge in [-0.05, 0) is 25.2 Å². The van der Waals surface area contributed by atoms with E-state index in [-0.39, 0.29) is 12.3 Å². The van der Waals surface area contributed by atoms with Gasteiger partial charge in [0.05, 0.1) is 0 Å². The first-order valence-electron chi connectivity index (χ1n) is 6.51. The molecular formula is C12H17F3N2O2. The summed E-state index contributed by atoms with van der Waals surface area (Å²) >= 11 is 0. The fourth-order valence-corrected chi connectivity index (χ4v) is 2.48. The maximum absolute atomic E-state index is 12.6. The van der Waals surface area contributed by atoms with Gasteiger partial charge in [0.25, 0.3) is 0 Å². The van der Waals surface area contributed by atoms with Crippen LogP contribution < -0.4 is 5.32 Å². The summed E-state index contributed by atoms with van der Waals surface area (Å²) in [7, 11) is 0. The molecule has 19 heavy (non-hydrogen) atoms. The van der Waals surface area contributed by atoms with Crippen molar-refractivity contribution in [2.75, 3.05) is 6.54 Å². The molecule has 0 spiro atoms. The maximum atomic E-state index is 12.6. The van der Waals surface area contributed by atoms with E-state index < -0.39 is 36.6 Å². The molecule has 2 unspecified atom stereocenters. The van der Waals surface area contributed by atoms with E-state index in [4.69, 9.17) is 0 Å². The van der Waals surface area contributed by atoms with Crippen molar-refractivity contribution in [2.45, 2.75) is 50.9 Å². The molecule has 2 rings (SSSR count). The van der Waals surface area contributed by atoms with Crippen LogP contribution in [0.25, 0.3) is 0 Å². The van der Waals surface area contributed by atoms with Gasteiger partial charge in [-0.1, -0.05) is 13.3 Å². The van der Waals surface area contributed by atoms with Crippen molar-refractivity contribution >= 4 is 11.8 Å². The highest BCUT2D eigenvalue weighted by Gasteiger charge is 2.49. The molecule has 2 aliphatic rings. The molecule has 2 atom stereocenters. The molecule has 0 aromatic heterocycles. The summed E-state index contributed by atoms with van der Waals surface area (Å²) in [6.07, 6.45) is -2.10. The monoisotopic (exact) mass is 278 g/mol. The minimum atomic E-state index is -4.48. The third-order valence-electron chi connectivity index (χ3n) is 3.53. The lowest BCUT2D eigenvalue weighted by Crippen LogP contribution is -2.65. The van der Waals surface area contributed by atoms with Crippen molar-refractivity contribution in [1.29, 1.82) is 0 Å². The number of amides is 2. The van der Waals surface area contributed by atoms with Gasteiger partial charge in [0.15, 0.2) is 0 Å². The van der Waals surface area contributed by atoms with Crippen molar-refractivity contribution in [3.63, 3.8) is 0 Å². The third-order valence-corrected chi connectivity index (χ3v) is 3.53. The van der Waals surface area contributed by atoms with E-state index in [1.54, 1.807) is 6.92 Å². The second kappa shape index (κ2) is 5.02. The number of hydrogen-bond donors (Lipinski definition) is 1. The Bertz CT molecular complexity index is 380. The minimum Gasteiger partial charge on any atom is -0.342 e. The van der Waals surface area contributed by atoms with Crippen LogP contribution in [0.5, 0.6) is 0 Å². The maximum Gasteiger partial charge on any atom is 0.406 e. The molecule has 1 N–H and O–H groups in total. The molecule has 2 fully saturated rings. The van der Waals surface area contributed by atoms with Crippen LogP contribution in [0.4, 0.5) is 13.2 Å². The lowest BCUT2D eigenvalue weighted by Gasteiger charge is -2.39. The van der Waals surface area contributed by atoms with Gasteiger partial charge in [-0.15, -0.1) is 0 Å². The fourth-order valence-electron chi connectivity index (χ4n) is 2.48. The molecule has 108 valence electrons. The number of rotatable bonds is 4. The number of hydrogen-bond acceptors (Lipinski definition) is 2. The average molecular weight is 278 g/mol. The SMILES string of the molecule is CCCC1C(=O)NC(C2CC2)C(=O)N1CC(F)(F)F. The van der Waals surface area contributed by atoms with Crippen molar-refractivity contribution < 1.29 is 22.8 Å². The molecule has 1 aliphatic heterocycles. The molecule has 0 radical (unpaired) electrons. The smallest absolute Gasteiger partial charge is 0.342 e. The van der Waals surface area contributed by atoms with Crippen molar-refractivity contribution in [3.8, 4) is 0 Å². The highest BCUT2D eigenvalue weighted by molar-refractivity contribution is 5.97. The highest BCUT2D eigenvalue weighted by Crippen LogP contribution is 2.36. The first kappa shape index (κ1) is 14.1. The molecule has 1 saturated carbocycles. The Kier molecular flexibility index (Phi) is 3.73. The van der Waals surface area contributed by atoms with E-state index in [0.29, 0.717) is 11.3 Å². The summed E-state index contributed by atoms with van der Waals surface area (Å²) in [5.74, 6) is -1.03. The molecule has 1 aliphatic carbocycles. The zero-order chi connectivity index (χ0) is 14.2. The summed E-state index contributed by atoms with van der Waals surface area (Å²) in [4.78, 5) is 24.7. The minimum absolute atomic E-state index is 0.00904. The molecule has 4 nitrogen and oxygen atoms in total. The van der Waals surface area contributed by atoms with Crippen LogP contribution >= 0.6 is 0 Å². The Hall–Kier alpha value is -1.27. The van der Waals surface area contributed by atoms with Crippen LogP contribution in [0.2, 0.25) is 0 Å². The largest absolute Gasteiger partial charge is 0.406 e. The van der Waals surface area contributed by atoms with Gasteiger partial charge >= 0.3 is 6.18 Å². The van der Waals surface area contributed by atoms with Crippen molar-refractivity contribution in [1.82, 2.24) is 10.2 Å². The van der Waals surface area contributed by atoms with E-state index in [0.717, 1.165) is 12.8 Å². The normalized spacial score (nSPS) is 28.5. The lowest BCUT2D eigenvalue weighted by atomic mass is 10.0. The van der Waals surface area contributed by atoms with Gasteiger partial charge in [0.2, 0.25) is 11.8 Å². The van der Waals surface area contributed by atoms with Crippen LogP contribution in [0.3, 0.4) is 0 Å². The van der Waals surface area contributed by atoms with Gasteiger partial charge < -0.3 is 10.2 Å². The molecule has 2 amide bonds. The van der Waals surface area contributed by atoms with Crippen LogP contribution in [0.1, 0.15) is 32.6 Å². The second-order valence-electron chi connectivity index (χ2n) is 5.21. The predicted molar refractivity (Wildman–Crippen MR) is 61.1 cm³/mol. The Morgan fingerprint density at radius 2 is 1.95 bits per heavy atom. The quantitative estimate of drug-likeness (QED) is 0.846. The molecule has 1 heterocycles. The topological polar surface area (TPSA) is 49.4 Å². The van der Waals surface area contributed by atoms with Crippen LogP contribution in [0, 0.1) is 5.92 Å². The first-order valence-corrected chi connectivity index (χ1v) is 6.51. The van der Waals surface area contributed by atoms with E-state index in [1.165, 1.54) is 0 Å². The number of carbonyl (C=O) groups excluding carboxylic acids is 2. The molecule has 0 aromatic rings. The summed E-state index contributed by atoms with van der Waals surface area (Å²) < 4.78 is 37.7. The number of alkyl halides is 3. The molecule has 0 bridgehead atoms. The fraction of sp³-hybridized carbons (Fsp3) is 0.833. The van der Waals surface area contributed by atoms with Crippen LogP contribution in [-0.4, -0.2) is 41.5 Å². The highest BCUT2D eigenvalue weighted by atomic mass is 19.4. The molecule has 7 heteroatoms. The van der Waals surface area contributed by atoms with Crippen LogP contribution in [-0.2, 0) is 9.59 Å². The number of piperazine rings is 1. The summed E-state index contributed by atoms with van der Waals surface area (Å²) in [5.41, 5.74) is 0. The van der Waals surface area contributed by atoms with Crippen molar-refractivity contribution in [3.05, 3.63) is 0 Å². The van der Waals surface area contributed by atoms with E-state index >= 15 is 0 Å². The third kappa shape index (κ3) is 3.19. The van der Waals surface area contributed by atoms with E-state index in [2.05, 4.69) is 5.32 Å². The summed E-state index contributed by atoms with van der Waals surface area (Å²) in [5, 5.41) is 2.58. The predicted octanol–water partition coefficient (Wildman–Crippen LogP) is 1.45. The average Bonchev–Trinajstić information content (AvgIpc) is 3.10. The Morgan fingerprint density at radius 3 is 2.42 bits per heavy atom. The Balaban J connectivity index is 2.18. The molecule has 0 aromatic carbocycles. The summed E-state index contributed by atoms with van der Waals surface area (Å²) in [6.45, 7) is 0.434. The Labute approximate surface area is 109 Å². The van der Waals surface area contributed by atoms with Gasteiger partial charge in [-0.2, -0.15) is 13.2 Å². The van der Waals surface area contributed by atoms with Crippen molar-refractivity contribution in [2.24, 2.45) is 5.92 Å². The standard InChI is InChI=1S/C12H17F3N2O2/c1-2-3-8-10(18)16-9(7-4-5-7)11(19)17(8)6-12(13,14)15/h7-9H,2-6H2,1H3,(H,16,18). The van der Waals surface area contributed by atoms with Gasteiger partial charge in [-0.3, -0.25) is 9.59 Å². The first-order chi connectivity index (χ1) is 8.83. The molecule has 1 saturated heterocycles. The van der Waals surface area contributed by atoms with E-state index in [9.17, 15) is 22.8 Å². The zero-order valence-corrected chi connectivity index (χ0v) is 10.7. The number of nitrogens with zero attached hydrogens (tertiary/aromatic N) is 1. The lowest BCUT2D eigenvalue weighted by molar-refractivity contribution is -0.174. The molecular weight excluding hydrogens is 261 g/mol. The van der Waals surface area contributed by atoms with Gasteiger partial charge in [-0.25, -0.2) is 0 Å². The van der Waals surface area contributed by atoms with E-state index in [1.807, 2.05) is 0 Å². The van der Waals surface area contributed by atoms with Crippen LogP contribution in [0.15, 0.2) is 0 Å². The number of carbonyl (C=O) groups is 2. The second-order valence-corrected chi connectivity index (χ2v) is 5.21.